The highest BCUT2D eigenvalue weighted by atomic mass is 35.5. The van der Waals surface area contributed by atoms with E-state index >= 15 is 0 Å². The van der Waals surface area contributed by atoms with E-state index in [4.69, 9.17) is 74.2 Å². The van der Waals surface area contributed by atoms with Crippen molar-refractivity contribution in [2.75, 3.05) is 136 Å². The molecular formula is C97H106ClN21O13. The molecule has 0 amide bonds. The number of carbonyl (C=O) groups excluding carboxylic acids is 1. The molecule has 684 valence electrons. The number of ketones is 1. The lowest BCUT2D eigenvalue weighted by Gasteiger charge is -2.29. The summed E-state index contributed by atoms with van der Waals surface area (Å²) in [4.78, 5) is 57.9. The third-order valence-corrected chi connectivity index (χ3v) is 21.9. The highest BCUT2D eigenvalue weighted by Gasteiger charge is 2.25. The van der Waals surface area contributed by atoms with Gasteiger partial charge in [-0.1, -0.05) is 25.4 Å². The van der Waals surface area contributed by atoms with Crippen LogP contribution in [0, 0.1) is 0 Å². The quantitative estimate of drug-likeness (QED) is 0.0297. The molecule has 0 radical (unpaired) electrons. The third-order valence-electron chi connectivity index (χ3n) is 21.6. The number of hydrogen-bond acceptors (Lipinski definition) is 30. The Bertz CT molecular complexity index is 6560. The van der Waals surface area contributed by atoms with Gasteiger partial charge in [-0.15, -0.1) is 0 Å². The van der Waals surface area contributed by atoms with Crippen molar-refractivity contribution >= 4 is 107 Å². The number of nitrogens with zero attached hydrogens (tertiary/aromatic N) is 20. The molecule has 0 spiro atoms. The molecule has 16 aromatic rings. The van der Waals surface area contributed by atoms with Gasteiger partial charge < -0.3 is 82.9 Å². The summed E-state index contributed by atoms with van der Waals surface area (Å²) in [5.74, 6) is 4.56. The van der Waals surface area contributed by atoms with Crippen LogP contribution in [0.2, 0.25) is 5.02 Å². The fraction of sp³-hybridized carbons (Fsp3) is 0.289. The Labute approximate surface area is 768 Å². The van der Waals surface area contributed by atoms with E-state index in [1.54, 1.807) is 132 Å². The Morgan fingerprint density at radius 2 is 0.848 bits per heavy atom. The van der Waals surface area contributed by atoms with E-state index in [2.05, 4.69) is 59.5 Å². The summed E-state index contributed by atoms with van der Waals surface area (Å²) in [5.41, 5.74) is 19.0. The average Bonchev–Trinajstić information content (AvgIpc) is 1.33. The molecule has 2 unspecified atom stereocenters. The molecule has 8 aromatic carbocycles. The number of Topliss-reactive ketones (excluding diaryl/α,β-unsaturated/α-hetero) is 1. The molecule has 1 fully saturated rings. The first-order valence-electron chi connectivity index (χ1n) is 42.6. The highest BCUT2D eigenvalue weighted by Crippen LogP contribution is 2.42. The van der Waals surface area contributed by atoms with Crippen molar-refractivity contribution in [3.8, 4) is 85.3 Å². The normalized spacial score (nSPS) is 12.6. The van der Waals surface area contributed by atoms with Gasteiger partial charge in [-0.2, -0.15) is 20.4 Å². The first-order chi connectivity index (χ1) is 64.1. The summed E-state index contributed by atoms with van der Waals surface area (Å²) in [6.45, 7) is 6.48. The molecule has 1 saturated heterocycles. The van der Waals surface area contributed by atoms with Gasteiger partial charge in [0.2, 0.25) is 0 Å². The number of rotatable bonds is 33. The summed E-state index contributed by atoms with van der Waals surface area (Å²) >= 11 is 6.50. The number of anilines is 8. The van der Waals surface area contributed by atoms with Crippen LogP contribution in [0.15, 0.2) is 220 Å². The number of aliphatic hydroxyl groups is 3. The standard InChI is InChI=1S/C26H32N6O3.C25H26ClN5O3.C24H25N5O4.C22H23N5O3/c1-17(2)27-13-21(33)16-32(20-8-22(34-4)11-23(9-20)35-5)19-6-7-24-25(10-19)30-26(14-28-24)18-12-29-31(3)15-18;1-33-19-6-7-20(26)24(13-19)30(9-10-32)18-5-8-21-22(12-18)29-23(15-27-21)17-14-28-31(16-17)25-4-2-3-11-34-25;1-28-13-16(11-26-28)24-12-25-22-6-5-17(9-23(22)27-24)29(14-19(30)15-31-2)18-7-20(32-3)10-21(8-18)33-4;1-26-14-15(12-24-26)20-13-23-18-6-4-16(10-19(18)25-20)27(8-9-28)21-11-17(29-2)5-7-22(21)30-3/h6-12,14-15,17,21,27,33H,13,16H2,1-5H3;5-8,12-16,25,32H,2-4,9-11H2,1H3;5-13H,14-15H2,1-4H3;4-7,10-14,28H,8-9H2,1-3H3. The maximum absolute atomic E-state index is 12.5. The van der Waals surface area contributed by atoms with Crippen molar-refractivity contribution in [1.29, 1.82) is 0 Å². The molecule has 17 rings (SSSR count). The van der Waals surface area contributed by atoms with Crippen molar-refractivity contribution in [2.24, 2.45) is 21.1 Å². The molecule has 0 aliphatic carbocycles. The van der Waals surface area contributed by atoms with E-state index in [9.17, 15) is 20.1 Å². The number of nitrogens with one attached hydrogen (secondary N) is 1. The largest absolute Gasteiger partial charge is 0.497 e. The summed E-state index contributed by atoms with van der Waals surface area (Å²) in [5, 5.41) is 51.3. The Balaban J connectivity index is 0.000000142. The number of fused-ring (bicyclic) bond motifs is 4. The number of hydrogen-bond donors (Lipinski definition) is 4. The number of ether oxygens (including phenoxy) is 9. The summed E-state index contributed by atoms with van der Waals surface area (Å²) in [6.07, 6.45) is 24.3. The minimum atomic E-state index is -0.613. The van der Waals surface area contributed by atoms with Crippen LogP contribution in [0.25, 0.3) is 89.2 Å². The van der Waals surface area contributed by atoms with Crippen LogP contribution in [0.5, 0.6) is 40.2 Å². The predicted molar refractivity (Wildman–Crippen MR) is 510 cm³/mol. The Morgan fingerprint density at radius 1 is 0.447 bits per heavy atom. The van der Waals surface area contributed by atoms with E-state index in [1.807, 2.05) is 198 Å². The monoisotopic (exact) mass is 1810 g/mol. The van der Waals surface area contributed by atoms with Gasteiger partial charge in [0, 0.05) is 190 Å². The van der Waals surface area contributed by atoms with E-state index in [0.29, 0.717) is 77.0 Å². The molecule has 4 N–H and O–H groups in total. The first-order valence-corrected chi connectivity index (χ1v) is 43.0. The maximum atomic E-state index is 12.5. The molecule has 0 bridgehead atoms. The van der Waals surface area contributed by atoms with Crippen LogP contribution in [-0.2, 0) is 35.4 Å². The van der Waals surface area contributed by atoms with Gasteiger partial charge >= 0.3 is 0 Å². The van der Waals surface area contributed by atoms with Crippen LogP contribution < -0.4 is 58.1 Å². The molecule has 35 heteroatoms. The zero-order valence-electron chi connectivity index (χ0n) is 75.7. The minimum absolute atomic E-state index is 0.0101. The van der Waals surface area contributed by atoms with Crippen LogP contribution in [0.3, 0.4) is 0 Å². The fourth-order valence-corrected chi connectivity index (χ4v) is 15.1. The summed E-state index contributed by atoms with van der Waals surface area (Å²) in [6, 6.07) is 45.7. The SMILES string of the molecule is COCC(=O)CN(c1cc(OC)cc(OC)c1)c1ccc2ncc(-c3cnn(C)c3)nc2c1.COc1cc(OC)cc(N(CC(O)CNC(C)C)c2ccc3ncc(-c4cnn(C)c4)nc3c2)c1.COc1ccc(Cl)c(N(CCO)c2ccc3ncc(-c4cnn(C5CCCCO5)c4)nc3c2)c1.COc1ccc(OC)c(N(CCO)c2ccc3ncc(-c4cnn(C)c4)nc3c2)c1. The molecule has 8 aromatic heterocycles. The zero-order chi connectivity index (χ0) is 92.9. The molecule has 132 heavy (non-hydrogen) atoms. The van der Waals surface area contributed by atoms with Crippen LogP contribution >= 0.6 is 11.6 Å². The second kappa shape index (κ2) is 44.2. The molecule has 1 aliphatic heterocycles. The van der Waals surface area contributed by atoms with Crippen LogP contribution in [-0.4, -0.2) is 228 Å². The van der Waals surface area contributed by atoms with Gasteiger partial charge in [0.1, 0.15) is 53.1 Å². The summed E-state index contributed by atoms with van der Waals surface area (Å²) in [7, 11) is 18.4. The van der Waals surface area contributed by atoms with Gasteiger partial charge in [-0.3, -0.25) is 38.8 Å². The van der Waals surface area contributed by atoms with E-state index < -0.39 is 6.10 Å². The minimum Gasteiger partial charge on any atom is -0.497 e. The van der Waals surface area contributed by atoms with Crippen molar-refractivity contribution in [2.45, 2.75) is 51.5 Å². The first kappa shape index (κ1) is 93.6. The second-order valence-electron chi connectivity index (χ2n) is 31.1. The Hall–Kier alpha value is -14.5. The number of aliphatic hydroxyl groups excluding tert-OH is 3. The van der Waals surface area contributed by atoms with E-state index in [1.165, 1.54) is 7.11 Å². The van der Waals surface area contributed by atoms with E-state index in [0.717, 1.165) is 155 Å². The van der Waals surface area contributed by atoms with Gasteiger partial charge in [-0.05, 0) is 116 Å². The Kier molecular flexibility index (Phi) is 31.3. The topological polar surface area (TPSA) is 360 Å². The van der Waals surface area contributed by atoms with Crippen molar-refractivity contribution in [1.82, 2.24) is 84.3 Å². The molecule has 9 heterocycles. The number of aryl methyl sites for hydroxylation is 3. The number of carbonyl (C=O) groups is 1. The second-order valence-corrected chi connectivity index (χ2v) is 31.5. The number of halogens is 1. The lowest BCUT2D eigenvalue weighted by Crippen LogP contribution is -2.38. The van der Waals surface area contributed by atoms with Crippen LogP contribution in [0.4, 0.5) is 45.5 Å². The number of methoxy groups -OCH3 is 8. The zero-order valence-corrected chi connectivity index (χ0v) is 76.5. The van der Waals surface area contributed by atoms with Crippen LogP contribution in [0.1, 0.15) is 39.3 Å². The van der Waals surface area contributed by atoms with Crippen molar-refractivity contribution in [3.05, 3.63) is 225 Å². The number of aromatic nitrogens is 16. The van der Waals surface area contributed by atoms with Crippen molar-refractivity contribution in [3.63, 3.8) is 0 Å². The smallest absolute Gasteiger partial charge is 0.178 e. The van der Waals surface area contributed by atoms with Gasteiger partial charge in [0.15, 0.2) is 5.78 Å². The van der Waals surface area contributed by atoms with Crippen molar-refractivity contribution < 1.29 is 62.7 Å². The molecule has 2 atom stereocenters. The number of benzene rings is 8. The highest BCUT2D eigenvalue weighted by molar-refractivity contribution is 6.33. The lowest BCUT2D eigenvalue weighted by atomic mass is 10.1. The average molecular weight is 1810 g/mol. The lowest BCUT2D eigenvalue weighted by molar-refractivity contribution is -0.121. The molecule has 34 nitrogen and oxygen atoms in total. The predicted octanol–water partition coefficient (Wildman–Crippen LogP) is 15.1. The third kappa shape index (κ3) is 23.2. The maximum Gasteiger partial charge on any atom is 0.178 e. The van der Waals surface area contributed by atoms with Gasteiger partial charge in [0.05, 0.1) is 215 Å². The van der Waals surface area contributed by atoms with Gasteiger partial charge in [0.25, 0.3) is 0 Å². The fourth-order valence-electron chi connectivity index (χ4n) is 14.9. The molecule has 1 aliphatic rings. The van der Waals surface area contributed by atoms with Gasteiger partial charge in [-0.25, -0.2) is 24.6 Å². The summed E-state index contributed by atoms with van der Waals surface area (Å²) < 4.78 is 56.1. The van der Waals surface area contributed by atoms with E-state index in [-0.39, 0.29) is 44.4 Å². The molecule has 0 saturated carbocycles. The Morgan fingerprint density at radius 3 is 1.24 bits per heavy atom. The molecular weight excluding hydrogens is 1700 g/mol.